The standard InChI is InChI=1S/C15H21N/c1-6-12(2)11-14(4)16(5)15-10-8-7-9-13(15)3/h7-11H,2,6H2,1,3-5H3/b14-11+. The lowest BCUT2D eigenvalue weighted by Gasteiger charge is -2.22. The molecule has 0 aliphatic carbocycles. The predicted molar refractivity (Wildman–Crippen MR) is 72.8 cm³/mol. The van der Waals surface area contributed by atoms with Crippen molar-refractivity contribution < 1.29 is 0 Å². The van der Waals surface area contributed by atoms with Crippen LogP contribution in [-0.4, -0.2) is 7.05 Å². The molecule has 0 atom stereocenters. The lowest BCUT2D eigenvalue weighted by molar-refractivity contribution is 1.06. The number of hydrogen-bond donors (Lipinski definition) is 0. The summed E-state index contributed by atoms with van der Waals surface area (Å²) >= 11 is 0. The molecule has 0 aromatic heterocycles. The largest absolute Gasteiger partial charge is 0.348 e. The van der Waals surface area contributed by atoms with Crippen molar-refractivity contribution in [1.82, 2.24) is 0 Å². The average molecular weight is 215 g/mol. The van der Waals surface area contributed by atoms with Crippen LogP contribution in [0, 0.1) is 6.92 Å². The highest BCUT2D eigenvalue weighted by atomic mass is 15.1. The quantitative estimate of drug-likeness (QED) is 0.677. The maximum atomic E-state index is 4.01. The van der Waals surface area contributed by atoms with E-state index < -0.39 is 0 Å². The van der Waals surface area contributed by atoms with E-state index in [1.54, 1.807) is 0 Å². The Bertz CT molecular complexity index is 402. The molecule has 0 unspecified atom stereocenters. The van der Waals surface area contributed by atoms with E-state index in [0.29, 0.717) is 0 Å². The van der Waals surface area contributed by atoms with Gasteiger partial charge in [-0.3, -0.25) is 0 Å². The number of allylic oxidation sites excluding steroid dienone is 3. The third kappa shape index (κ3) is 2.99. The fourth-order valence-electron chi connectivity index (χ4n) is 1.62. The zero-order valence-electron chi connectivity index (χ0n) is 10.7. The topological polar surface area (TPSA) is 3.24 Å². The van der Waals surface area contributed by atoms with Crippen molar-refractivity contribution in [2.75, 3.05) is 11.9 Å². The Morgan fingerprint density at radius 3 is 2.56 bits per heavy atom. The number of rotatable bonds is 4. The van der Waals surface area contributed by atoms with Gasteiger partial charge in [0.2, 0.25) is 0 Å². The van der Waals surface area contributed by atoms with Crippen LogP contribution in [0.3, 0.4) is 0 Å². The van der Waals surface area contributed by atoms with Gasteiger partial charge in [0, 0.05) is 18.4 Å². The summed E-state index contributed by atoms with van der Waals surface area (Å²) in [5, 5.41) is 0. The lowest BCUT2D eigenvalue weighted by Crippen LogP contribution is -2.15. The van der Waals surface area contributed by atoms with Gasteiger partial charge in [0.15, 0.2) is 0 Å². The van der Waals surface area contributed by atoms with Crippen LogP contribution >= 0.6 is 0 Å². The SMILES string of the molecule is C=C(/C=C(\C)N(C)c1ccccc1C)CC. The van der Waals surface area contributed by atoms with Gasteiger partial charge in [-0.05, 0) is 38.0 Å². The van der Waals surface area contributed by atoms with Crippen LogP contribution in [0.2, 0.25) is 0 Å². The third-order valence-corrected chi connectivity index (χ3v) is 2.87. The first kappa shape index (κ1) is 12.6. The molecule has 0 spiro atoms. The lowest BCUT2D eigenvalue weighted by atomic mass is 10.1. The zero-order chi connectivity index (χ0) is 12.1. The van der Waals surface area contributed by atoms with Crippen LogP contribution in [0.5, 0.6) is 0 Å². The van der Waals surface area contributed by atoms with Crippen LogP contribution < -0.4 is 4.90 Å². The number of aryl methyl sites for hydroxylation is 1. The minimum Gasteiger partial charge on any atom is -0.348 e. The molecule has 0 saturated heterocycles. The first-order chi connectivity index (χ1) is 7.56. The Hall–Kier alpha value is -1.50. The van der Waals surface area contributed by atoms with E-state index in [1.165, 1.54) is 16.9 Å². The van der Waals surface area contributed by atoms with Gasteiger partial charge in [-0.15, -0.1) is 0 Å². The van der Waals surface area contributed by atoms with Crippen LogP contribution in [-0.2, 0) is 0 Å². The first-order valence-electron chi connectivity index (χ1n) is 5.71. The normalized spacial score (nSPS) is 11.4. The van der Waals surface area contributed by atoms with Crippen LogP contribution in [0.25, 0.3) is 0 Å². The smallest absolute Gasteiger partial charge is 0.0435 e. The Kier molecular flexibility index (Phi) is 4.36. The molecule has 1 nitrogen and oxygen atoms in total. The molecule has 1 aromatic rings. The summed E-state index contributed by atoms with van der Waals surface area (Å²) in [6, 6.07) is 8.41. The molecule has 0 aliphatic heterocycles. The summed E-state index contributed by atoms with van der Waals surface area (Å²) in [5.41, 5.74) is 4.93. The molecule has 1 aromatic carbocycles. The molecule has 0 bridgehead atoms. The molecule has 16 heavy (non-hydrogen) atoms. The van der Waals surface area contributed by atoms with E-state index in [-0.39, 0.29) is 0 Å². The third-order valence-electron chi connectivity index (χ3n) is 2.87. The maximum absolute atomic E-state index is 4.01. The number of para-hydroxylation sites is 1. The van der Waals surface area contributed by atoms with E-state index in [2.05, 4.69) is 69.6 Å². The molecule has 0 N–H and O–H groups in total. The Labute approximate surface area is 99.1 Å². The summed E-state index contributed by atoms with van der Waals surface area (Å²) in [6.45, 7) is 10.4. The monoisotopic (exact) mass is 215 g/mol. The van der Waals surface area contributed by atoms with Crippen LogP contribution in [0.1, 0.15) is 25.8 Å². The van der Waals surface area contributed by atoms with E-state index in [9.17, 15) is 0 Å². The van der Waals surface area contributed by atoms with Gasteiger partial charge < -0.3 is 4.90 Å². The fraction of sp³-hybridized carbons (Fsp3) is 0.333. The van der Waals surface area contributed by atoms with E-state index >= 15 is 0 Å². The molecule has 0 saturated carbocycles. The summed E-state index contributed by atoms with van der Waals surface area (Å²) in [6.07, 6.45) is 3.14. The summed E-state index contributed by atoms with van der Waals surface area (Å²) in [7, 11) is 2.09. The Morgan fingerprint density at radius 2 is 2.00 bits per heavy atom. The van der Waals surface area contributed by atoms with E-state index in [1.807, 2.05) is 0 Å². The molecule has 1 heteroatoms. The second kappa shape index (κ2) is 5.55. The van der Waals surface area contributed by atoms with Crippen molar-refractivity contribution in [3.05, 3.63) is 53.8 Å². The van der Waals surface area contributed by atoms with Crippen molar-refractivity contribution in [1.29, 1.82) is 0 Å². The molecule has 0 amide bonds. The molecule has 1 rings (SSSR count). The highest BCUT2D eigenvalue weighted by Crippen LogP contribution is 2.22. The number of anilines is 1. The van der Waals surface area contributed by atoms with E-state index in [4.69, 9.17) is 0 Å². The summed E-state index contributed by atoms with van der Waals surface area (Å²) in [4.78, 5) is 2.20. The summed E-state index contributed by atoms with van der Waals surface area (Å²) in [5.74, 6) is 0. The minimum absolute atomic E-state index is 0.999. The fourth-order valence-corrected chi connectivity index (χ4v) is 1.62. The highest BCUT2D eigenvalue weighted by Gasteiger charge is 2.04. The minimum atomic E-state index is 0.999. The molecule has 0 radical (unpaired) electrons. The average Bonchev–Trinajstić information content (AvgIpc) is 2.28. The van der Waals surface area contributed by atoms with Crippen LogP contribution in [0.4, 0.5) is 5.69 Å². The van der Waals surface area contributed by atoms with Gasteiger partial charge in [-0.1, -0.05) is 37.3 Å². The van der Waals surface area contributed by atoms with Gasteiger partial charge in [0.05, 0.1) is 0 Å². The van der Waals surface area contributed by atoms with Gasteiger partial charge in [0.1, 0.15) is 0 Å². The van der Waals surface area contributed by atoms with Crippen molar-refractivity contribution in [2.45, 2.75) is 27.2 Å². The predicted octanol–water partition coefficient (Wildman–Crippen LogP) is 4.30. The molecular weight excluding hydrogens is 194 g/mol. The van der Waals surface area contributed by atoms with Gasteiger partial charge in [-0.2, -0.15) is 0 Å². The molecule has 0 aliphatic rings. The molecule has 0 heterocycles. The van der Waals surface area contributed by atoms with E-state index in [0.717, 1.165) is 12.0 Å². The second-order valence-electron chi connectivity index (χ2n) is 4.14. The van der Waals surface area contributed by atoms with Crippen molar-refractivity contribution in [2.24, 2.45) is 0 Å². The van der Waals surface area contributed by atoms with Gasteiger partial charge in [0.25, 0.3) is 0 Å². The highest BCUT2D eigenvalue weighted by molar-refractivity contribution is 5.56. The number of benzene rings is 1. The second-order valence-corrected chi connectivity index (χ2v) is 4.14. The molecular formula is C15H21N. The Morgan fingerprint density at radius 1 is 1.38 bits per heavy atom. The summed E-state index contributed by atoms with van der Waals surface area (Å²) < 4.78 is 0. The van der Waals surface area contributed by atoms with Gasteiger partial charge in [-0.25, -0.2) is 0 Å². The molecule has 0 fully saturated rings. The first-order valence-corrected chi connectivity index (χ1v) is 5.71. The van der Waals surface area contributed by atoms with Crippen molar-refractivity contribution >= 4 is 5.69 Å². The number of hydrogen-bond acceptors (Lipinski definition) is 1. The Balaban J connectivity index is 2.94. The number of nitrogens with zero attached hydrogens (tertiary/aromatic N) is 1. The van der Waals surface area contributed by atoms with Gasteiger partial charge >= 0.3 is 0 Å². The van der Waals surface area contributed by atoms with Crippen LogP contribution in [0.15, 0.2) is 48.2 Å². The zero-order valence-corrected chi connectivity index (χ0v) is 10.7. The van der Waals surface area contributed by atoms with Crippen molar-refractivity contribution in [3.8, 4) is 0 Å². The van der Waals surface area contributed by atoms with Crippen molar-refractivity contribution in [3.63, 3.8) is 0 Å². The maximum Gasteiger partial charge on any atom is 0.0435 e. The molecule has 86 valence electrons.